The highest BCUT2D eigenvalue weighted by atomic mass is 16.4. The Kier molecular flexibility index (Phi) is 3.70. The van der Waals surface area contributed by atoms with Gasteiger partial charge in [0.1, 0.15) is 0 Å². The van der Waals surface area contributed by atoms with Crippen LogP contribution >= 0.6 is 0 Å². The van der Waals surface area contributed by atoms with Crippen LogP contribution in [0.4, 0.5) is 11.4 Å². The minimum Gasteiger partial charge on any atom is -0.478 e. The third-order valence-corrected chi connectivity index (χ3v) is 2.76. The van der Waals surface area contributed by atoms with Crippen molar-refractivity contribution < 1.29 is 9.90 Å². The zero-order chi connectivity index (χ0) is 13.8. The van der Waals surface area contributed by atoms with E-state index in [-0.39, 0.29) is 11.3 Å². The van der Waals surface area contributed by atoms with Gasteiger partial charge in [-0.1, -0.05) is 6.07 Å². The standard InChI is InChI=1S/C13H16N4O2/c1-9-7-16-17(8-9)6-5-15-11-4-2-3-10(12(11)14)13(18)19/h2-4,7-8,15H,5-6,14H2,1H3,(H,18,19). The van der Waals surface area contributed by atoms with Crippen LogP contribution in [0, 0.1) is 6.92 Å². The van der Waals surface area contributed by atoms with Crippen molar-refractivity contribution in [2.45, 2.75) is 13.5 Å². The number of para-hydroxylation sites is 1. The summed E-state index contributed by atoms with van der Waals surface area (Å²) in [5.41, 5.74) is 7.90. The summed E-state index contributed by atoms with van der Waals surface area (Å²) < 4.78 is 1.82. The number of nitrogens with one attached hydrogen (secondary N) is 1. The maximum Gasteiger partial charge on any atom is 0.337 e. The van der Waals surface area contributed by atoms with E-state index in [1.807, 2.05) is 17.8 Å². The summed E-state index contributed by atoms with van der Waals surface area (Å²) in [6, 6.07) is 4.91. The number of nitrogen functional groups attached to an aromatic ring is 1. The van der Waals surface area contributed by atoms with Crippen LogP contribution in [0.15, 0.2) is 30.6 Å². The lowest BCUT2D eigenvalue weighted by Crippen LogP contribution is -2.13. The Morgan fingerprint density at radius 2 is 2.32 bits per heavy atom. The third kappa shape index (κ3) is 3.04. The Morgan fingerprint density at radius 1 is 1.53 bits per heavy atom. The molecule has 0 aliphatic heterocycles. The summed E-state index contributed by atoms with van der Waals surface area (Å²) in [5.74, 6) is -1.02. The van der Waals surface area contributed by atoms with Gasteiger partial charge in [-0.3, -0.25) is 4.68 Å². The minimum atomic E-state index is -1.02. The molecule has 0 spiro atoms. The van der Waals surface area contributed by atoms with Gasteiger partial charge in [0.05, 0.1) is 29.7 Å². The summed E-state index contributed by atoms with van der Waals surface area (Å²) in [6.45, 7) is 3.28. The molecule has 0 atom stereocenters. The van der Waals surface area contributed by atoms with Crippen molar-refractivity contribution in [1.82, 2.24) is 9.78 Å². The third-order valence-electron chi connectivity index (χ3n) is 2.76. The fourth-order valence-corrected chi connectivity index (χ4v) is 1.80. The van der Waals surface area contributed by atoms with Crippen molar-refractivity contribution in [3.05, 3.63) is 41.7 Å². The highest BCUT2D eigenvalue weighted by Gasteiger charge is 2.10. The molecule has 6 heteroatoms. The van der Waals surface area contributed by atoms with Crippen LogP contribution in [0.3, 0.4) is 0 Å². The molecule has 0 amide bonds. The van der Waals surface area contributed by atoms with Crippen molar-refractivity contribution in [3.63, 3.8) is 0 Å². The van der Waals surface area contributed by atoms with Crippen molar-refractivity contribution in [2.75, 3.05) is 17.6 Å². The summed E-state index contributed by atoms with van der Waals surface area (Å²) in [6.07, 6.45) is 3.73. The lowest BCUT2D eigenvalue weighted by atomic mass is 10.1. The lowest BCUT2D eigenvalue weighted by Gasteiger charge is -2.11. The number of hydrogen-bond donors (Lipinski definition) is 3. The molecule has 2 rings (SSSR count). The molecule has 1 aromatic heterocycles. The van der Waals surface area contributed by atoms with Gasteiger partial charge in [0.2, 0.25) is 0 Å². The van der Waals surface area contributed by atoms with E-state index in [4.69, 9.17) is 10.8 Å². The second-order valence-electron chi connectivity index (χ2n) is 4.28. The van der Waals surface area contributed by atoms with E-state index in [0.717, 1.165) is 5.56 Å². The number of aromatic carboxylic acids is 1. The molecule has 4 N–H and O–H groups in total. The van der Waals surface area contributed by atoms with Gasteiger partial charge >= 0.3 is 5.97 Å². The van der Waals surface area contributed by atoms with Crippen molar-refractivity contribution >= 4 is 17.3 Å². The molecule has 6 nitrogen and oxygen atoms in total. The number of anilines is 2. The highest BCUT2D eigenvalue weighted by Crippen LogP contribution is 2.22. The number of hydrogen-bond acceptors (Lipinski definition) is 4. The van der Waals surface area contributed by atoms with E-state index in [1.54, 1.807) is 18.3 Å². The predicted octanol–water partition coefficient (Wildman–Crippen LogP) is 1.58. The highest BCUT2D eigenvalue weighted by molar-refractivity contribution is 5.97. The van der Waals surface area contributed by atoms with E-state index in [0.29, 0.717) is 18.8 Å². The molecule has 19 heavy (non-hydrogen) atoms. The fourth-order valence-electron chi connectivity index (χ4n) is 1.80. The van der Waals surface area contributed by atoms with Crippen molar-refractivity contribution in [2.24, 2.45) is 0 Å². The first kappa shape index (κ1) is 12.9. The van der Waals surface area contributed by atoms with Gasteiger partial charge in [-0.2, -0.15) is 5.10 Å². The maximum atomic E-state index is 11.0. The monoisotopic (exact) mass is 260 g/mol. The molecule has 100 valence electrons. The van der Waals surface area contributed by atoms with Gasteiger partial charge in [0, 0.05) is 12.7 Å². The molecule has 0 unspecified atom stereocenters. The van der Waals surface area contributed by atoms with E-state index in [9.17, 15) is 4.79 Å². The Labute approximate surface area is 110 Å². The number of rotatable bonds is 5. The van der Waals surface area contributed by atoms with Gasteiger partial charge in [-0.05, 0) is 24.6 Å². The average Bonchev–Trinajstić information content (AvgIpc) is 2.77. The topological polar surface area (TPSA) is 93.2 Å². The molecule has 0 fully saturated rings. The Balaban J connectivity index is 2.00. The molecular weight excluding hydrogens is 244 g/mol. The second kappa shape index (κ2) is 5.43. The van der Waals surface area contributed by atoms with Crippen LogP contribution in [-0.4, -0.2) is 27.4 Å². The van der Waals surface area contributed by atoms with E-state index in [1.165, 1.54) is 6.07 Å². The Morgan fingerprint density at radius 3 is 2.95 bits per heavy atom. The van der Waals surface area contributed by atoms with Crippen LogP contribution < -0.4 is 11.1 Å². The molecule has 0 bridgehead atoms. The van der Waals surface area contributed by atoms with E-state index in [2.05, 4.69) is 10.4 Å². The molecule has 0 aliphatic rings. The van der Waals surface area contributed by atoms with Gasteiger partial charge in [-0.25, -0.2) is 4.79 Å². The second-order valence-corrected chi connectivity index (χ2v) is 4.28. The molecule has 0 radical (unpaired) electrons. The lowest BCUT2D eigenvalue weighted by molar-refractivity contribution is 0.0698. The molecular formula is C13H16N4O2. The number of aromatic nitrogens is 2. The summed E-state index contributed by atoms with van der Waals surface area (Å²) in [5, 5.41) is 16.3. The number of nitrogens with zero attached hydrogens (tertiary/aromatic N) is 2. The quantitative estimate of drug-likeness (QED) is 0.710. The smallest absolute Gasteiger partial charge is 0.337 e. The van der Waals surface area contributed by atoms with Gasteiger partial charge in [0.25, 0.3) is 0 Å². The van der Waals surface area contributed by atoms with Gasteiger partial charge in [-0.15, -0.1) is 0 Å². The number of carboxylic acids is 1. The normalized spacial score (nSPS) is 10.4. The maximum absolute atomic E-state index is 11.0. The van der Waals surface area contributed by atoms with Crippen LogP contribution in [0.25, 0.3) is 0 Å². The Bertz CT molecular complexity index is 592. The largest absolute Gasteiger partial charge is 0.478 e. The van der Waals surface area contributed by atoms with Gasteiger partial charge < -0.3 is 16.2 Å². The molecule has 0 saturated heterocycles. The number of carboxylic acid groups (broad SMARTS) is 1. The SMILES string of the molecule is Cc1cnn(CCNc2cccc(C(=O)O)c2N)c1. The van der Waals surface area contributed by atoms with Crippen LogP contribution in [0.5, 0.6) is 0 Å². The summed E-state index contributed by atoms with van der Waals surface area (Å²) in [7, 11) is 0. The molecule has 1 aromatic carbocycles. The van der Waals surface area contributed by atoms with Gasteiger partial charge in [0.15, 0.2) is 0 Å². The predicted molar refractivity (Wildman–Crippen MR) is 73.3 cm³/mol. The zero-order valence-corrected chi connectivity index (χ0v) is 10.6. The summed E-state index contributed by atoms with van der Waals surface area (Å²) >= 11 is 0. The fraction of sp³-hybridized carbons (Fsp3) is 0.231. The van der Waals surface area contributed by atoms with E-state index >= 15 is 0 Å². The van der Waals surface area contributed by atoms with Crippen LogP contribution in [0.2, 0.25) is 0 Å². The first-order chi connectivity index (χ1) is 9.08. The van der Waals surface area contributed by atoms with Crippen molar-refractivity contribution in [3.8, 4) is 0 Å². The number of nitrogens with two attached hydrogens (primary N) is 1. The van der Waals surface area contributed by atoms with Crippen LogP contribution in [0.1, 0.15) is 15.9 Å². The summed E-state index contributed by atoms with van der Waals surface area (Å²) in [4.78, 5) is 11.0. The average molecular weight is 260 g/mol. The van der Waals surface area contributed by atoms with E-state index < -0.39 is 5.97 Å². The minimum absolute atomic E-state index is 0.111. The molecule has 0 saturated carbocycles. The van der Waals surface area contributed by atoms with Crippen molar-refractivity contribution in [1.29, 1.82) is 0 Å². The first-order valence-electron chi connectivity index (χ1n) is 5.92. The molecule has 1 heterocycles. The number of carbonyl (C=O) groups is 1. The molecule has 2 aromatic rings. The number of aryl methyl sites for hydroxylation is 1. The number of benzene rings is 1. The zero-order valence-electron chi connectivity index (χ0n) is 10.6. The van der Waals surface area contributed by atoms with Crippen LogP contribution in [-0.2, 0) is 6.54 Å². The Hall–Kier alpha value is -2.50. The first-order valence-corrected chi connectivity index (χ1v) is 5.92. The molecule has 0 aliphatic carbocycles.